The largest absolute Gasteiger partial charge is 0.401 e. The van der Waals surface area contributed by atoms with Crippen molar-refractivity contribution < 1.29 is 9.85 Å². The smallest absolute Gasteiger partial charge is 0.358 e. The summed E-state index contributed by atoms with van der Waals surface area (Å²) in [5, 5.41) is 19.8. The van der Waals surface area contributed by atoms with Crippen LogP contribution in [0.2, 0.25) is 10.3 Å². The van der Waals surface area contributed by atoms with Gasteiger partial charge in [0.25, 0.3) is 0 Å². The molecule has 21 heavy (non-hydrogen) atoms. The summed E-state index contributed by atoms with van der Waals surface area (Å²) in [4.78, 5) is 32.5. The third kappa shape index (κ3) is 5.58. The van der Waals surface area contributed by atoms with E-state index in [4.69, 9.17) is 23.2 Å². The molecule has 0 N–H and O–H groups in total. The Bertz CT molecular complexity index is 586. The van der Waals surface area contributed by atoms with E-state index >= 15 is 0 Å². The molecule has 0 bridgehead atoms. The second-order valence-electron chi connectivity index (χ2n) is 2.88. The Morgan fingerprint density at radius 1 is 0.952 bits per heavy atom. The van der Waals surface area contributed by atoms with Crippen LogP contribution in [0.25, 0.3) is 0 Å². The Morgan fingerprint density at radius 3 is 1.95 bits per heavy atom. The molecule has 12 heteroatoms. The molecule has 0 aliphatic rings. The average Bonchev–Trinajstić information content (AvgIpc) is 2.40. The van der Waals surface area contributed by atoms with Gasteiger partial charge in [-0.25, -0.2) is 15.0 Å². The maximum absolute atomic E-state index is 10.1. The highest BCUT2D eigenvalue weighted by atomic mass is 35.5. The molecular formula is C9H8Cl2N6O4. The van der Waals surface area contributed by atoms with Crippen LogP contribution in [-0.4, -0.2) is 29.8 Å². The van der Waals surface area contributed by atoms with Crippen molar-refractivity contribution in [1.29, 1.82) is 0 Å². The third-order valence-corrected chi connectivity index (χ3v) is 2.21. The average molecular weight is 335 g/mol. The first-order chi connectivity index (χ1) is 9.43. The first-order valence-electron chi connectivity index (χ1n) is 4.64. The molecule has 0 radical (unpaired) electrons. The van der Waals surface area contributed by atoms with Crippen molar-refractivity contribution in [2.75, 3.05) is 0 Å². The predicted octanol–water partition coefficient (Wildman–Crippen LogP) is 2.71. The van der Waals surface area contributed by atoms with E-state index in [2.05, 4.69) is 19.9 Å². The number of rotatable bonds is 2. The lowest BCUT2D eigenvalue weighted by Gasteiger charge is -1.90. The SMILES string of the molecule is C.O=[N+]([O-])c1cncnc1Cl.O=[N+]([O-])c1nccnc1Cl. The summed E-state index contributed by atoms with van der Waals surface area (Å²) in [5.41, 5.74) is -0.274. The van der Waals surface area contributed by atoms with Gasteiger partial charge in [-0.15, -0.1) is 0 Å². The van der Waals surface area contributed by atoms with Crippen molar-refractivity contribution in [3.8, 4) is 0 Å². The van der Waals surface area contributed by atoms with Crippen LogP contribution >= 0.6 is 23.2 Å². The molecule has 0 saturated carbocycles. The van der Waals surface area contributed by atoms with Crippen LogP contribution in [-0.2, 0) is 0 Å². The summed E-state index contributed by atoms with van der Waals surface area (Å²) in [6.07, 6.45) is 4.70. The minimum atomic E-state index is -0.685. The van der Waals surface area contributed by atoms with Gasteiger partial charge in [0.05, 0.1) is 11.1 Å². The molecule has 2 aromatic rings. The summed E-state index contributed by atoms with van der Waals surface area (Å²) in [6, 6.07) is 0. The van der Waals surface area contributed by atoms with Gasteiger partial charge in [0, 0.05) is 0 Å². The van der Waals surface area contributed by atoms with Crippen molar-refractivity contribution in [1.82, 2.24) is 19.9 Å². The molecule has 0 amide bonds. The number of hydrogen-bond donors (Lipinski definition) is 0. The lowest BCUT2D eigenvalue weighted by atomic mass is 10.6. The van der Waals surface area contributed by atoms with Gasteiger partial charge in [-0.2, -0.15) is 0 Å². The number of nitrogens with zero attached hydrogens (tertiary/aromatic N) is 6. The Balaban J connectivity index is 0.000000364. The van der Waals surface area contributed by atoms with Crippen molar-refractivity contribution in [3.63, 3.8) is 0 Å². The second-order valence-corrected chi connectivity index (χ2v) is 3.60. The van der Waals surface area contributed by atoms with Gasteiger partial charge >= 0.3 is 11.5 Å². The summed E-state index contributed by atoms with van der Waals surface area (Å²) in [6.45, 7) is 0. The van der Waals surface area contributed by atoms with E-state index in [1.807, 2.05) is 0 Å². The summed E-state index contributed by atoms with van der Waals surface area (Å²) in [7, 11) is 0. The standard InChI is InChI=1S/2C4H2ClN3O2.CH4/c5-4-3(8(9)10)1-6-2-7-4;5-3-4(8(9)10)7-2-1-6-3;/h2*1-2H;1H4. The Hall–Kier alpha value is -2.46. The third-order valence-electron chi connectivity index (χ3n) is 1.65. The van der Waals surface area contributed by atoms with Crippen LogP contribution in [0.1, 0.15) is 7.43 Å². The quantitative estimate of drug-likeness (QED) is 0.464. The molecular weight excluding hydrogens is 327 g/mol. The fourth-order valence-electron chi connectivity index (χ4n) is 0.866. The van der Waals surface area contributed by atoms with Crippen LogP contribution in [0.15, 0.2) is 24.9 Å². The molecule has 0 aliphatic heterocycles. The molecule has 0 fully saturated rings. The van der Waals surface area contributed by atoms with Crippen LogP contribution in [0.3, 0.4) is 0 Å². The van der Waals surface area contributed by atoms with Crippen LogP contribution < -0.4 is 0 Å². The van der Waals surface area contributed by atoms with Gasteiger partial charge in [0.15, 0.2) is 6.20 Å². The topological polar surface area (TPSA) is 138 Å². The fraction of sp³-hybridized carbons (Fsp3) is 0.111. The molecule has 0 unspecified atom stereocenters. The minimum Gasteiger partial charge on any atom is -0.358 e. The van der Waals surface area contributed by atoms with Crippen molar-refractivity contribution in [2.45, 2.75) is 7.43 Å². The number of aromatic nitrogens is 4. The highest BCUT2D eigenvalue weighted by Crippen LogP contribution is 2.18. The molecule has 0 atom stereocenters. The highest BCUT2D eigenvalue weighted by molar-refractivity contribution is 6.31. The molecule has 2 rings (SSSR count). The van der Waals surface area contributed by atoms with E-state index < -0.39 is 15.7 Å². The monoisotopic (exact) mass is 334 g/mol. The van der Waals surface area contributed by atoms with E-state index in [1.165, 1.54) is 12.4 Å². The molecule has 0 aromatic carbocycles. The molecule has 0 saturated heterocycles. The van der Waals surface area contributed by atoms with Gasteiger partial charge in [0.2, 0.25) is 10.3 Å². The second kappa shape index (κ2) is 8.66. The molecule has 0 aliphatic carbocycles. The van der Waals surface area contributed by atoms with Gasteiger partial charge in [0.1, 0.15) is 12.5 Å². The zero-order chi connectivity index (χ0) is 15.1. The minimum absolute atomic E-state index is 0. The zero-order valence-corrected chi connectivity index (χ0v) is 10.9. The van der Waals surface area contributed by atoms with Crippen molar-refractivity contribution in [3.05, 3.63) is 55.5 Å². The summed E-state index contributed by atoms with van der Waals surface area (Å²) >= 11 is 10.6. The van der Waals surface area contributed by atoms with E-state index in [9.17, 15) is 20.2 Å². The summed E-state index contributed by atoms with van der Waals surface area (Å²) in [5.74, 6) is -0.413. The van der Waals surface area contributed by atoms with Crippen LogP contribution in [0, 0.1) is 20.2 Å². The first kappa shape index (κ1) is 18.5. The molecule has 10 nitrogen and oxygen atoms in total. The van der Waals surface area contributed by atoms with Gasteiger partial charge in [-0.05, 0) is 9.91 Å². The van der Waals surface area contributed by atoms with E-state index in [0.717, 1.165) is 12.5 Å². The number of hydrogen-bond acceptors (Lipinski definition) is 8. The number of halogens is 2. The molecule has 2 heterocycles. The Labute approximate surface area is 128 Å². The molecule has 112 valence electrons. The predicted molar refractivity (Wildman–Crippen MR) is 74.1 cm³/mol. The zero-order valence-electron chi connectivity index (χ0n) is 9.38. The molecule has 2 aromatic heterocycles. The summed E-state index contributed by atoms with van der Waals surface area (Å²) < 4.78 is 0. The van der Waals surface area contributed by atoms with E-state index in [1.54, 1.807) is 0 Å². The van der Waals surface area contributed by atoms with Gasteiger partial charge in [-0.1, -0.05) is 30.6 Å². The van der Waals surface area contributed by atoms with Crippen LogP contribution in [0.5, 0.6) is 0 Å². The maximum Gasteiger partial charge on any atom is 0.401 e. The van der Waals surface area contributed by atoms with Gasteiger partial charge in [-0.3, -0.25) is 10.1 Å². The fourth-order valence-corrected chi connectivity index (χ4v) is 1.20. The molecule has 0 spiro atoms. The highest BCUT2D eigenvalue weighted by Gasteiger charge is 2.12. The Kier molecular flexibility index (Phi) is 7.65. The lowest BCUT2D eigenvalue weighted by molar-refractivity contribution is -0.389. The normalized spacial score (nSPS) is 8.86. The number of nitro groups is 2. The Morgan fingerprint density at radius 2 is 1.57 bits per heavy atom. The van der Waals surface area contributed by atoms with Crippen molar-refractivity contribution in [2.24, 2.45) is 0 Å². The lowest BCUT2D eigenvalue weighted by Crippen LogP contribution is -1.93. The van der Waals surface area contributed by atoms with Crippen LogP contribution in [0.4, 0.5) is 11.5 Å². The maximum atomic E-state index is 10.1. The first-order valence-corrected chi connectivity index (χ1v) is 5.40. The van der Waals surface area contributed by atoms with Gasteiger partial charge < -0.3 is 10.1 Å². The van der Waals surface area contributed by atoms with E-state index in [0.29, 0.717) is 0 Å². The van der Waals surface area contributed by atoms with Crippen molar-refractivity contribution >= 4 is 34.7 Å². The van der Waals surface area contributed by atoms with E-state index in [-0.39, 0.29) is 23.4 Å².